The monoisotopic (exact) mass is 333 g/mol. The number of anilines is 1. The molecule has 0 aromatic heterocycles. The molecule has 1 aliphatic carbocycles. The fourth-order valence-corrected chi connectivity index (χ4v) is 2.85. The number of benzene rings is 2. The molecule has 0 aliphatic heterocycles. The minimum absolute atomic E-state index is 0.0497. The molecule has 102 valence electrons. The second kappa shape index (κ2) is 5.37. The average molecular weight is 334 g/mol. The SMILES string of the molecule is O=C(Nc1ccc2c(c1)CCC2)c1ccc(Br)cc1F. The molecule has 0 unspecified atom stereocenters. The molecule has 0 atom stereocenters. The summed E-state index contributed by atoms with van der Waals surface area (Å²) in [6.45, 7) is 0. The summed E-state index contributed by atoms with van der Waals surface area (Å²) in [7, 11) is 0. The third-order valence-electron chi connectivity index (χ3n) is 3.53. The van der Waals surface area contributed by atoms with Gasteiger partial charge in [-0.3, -0.25) is 4.79 Å². The van der Waals surface area contributed by atoms with E-state index in [0.29, 0.717) is 4.47 Å². The predicted molar refractivity (Wildman–Crippen MR) is 80.5 cm³/mol. The lowest BCUT2D eigenvalue weighted by Crippen LogP contribution is -2.13. The molecule has 1 amide bonds. The smallest absolute Gasteiger partial charge is 0.258 e. The highest BCUT2D eigenvalue weighted by Crippen LogP contribution is 2.25. The summed E-state index contributed by atoms with van der Waals surface area (Å²) in [5.41, 5.74) is 3.39. The second-order valence-electron chi connectivity index (χ2n) is 4.92. The van der Waals surface area contributed by atoms with Crippen LogP contribution in [0.2, 0.25) is 0 Å². The standard InChI is InChI=1S/C16H13BrFNO/c17-12-5-7-14(15(18)9-12)16(20)19-13-6-4-10-2-1-3-11(10)8-13/h4-9H,1-3H2,(H,19,20). The van der Waals surface area contributed by atoms with Crippen molar-refractivity contribution in [2.75, 3.05) is 5.32 Å². The summed E-state index contributed by atoms with van der Waals surface area (Å²) < 4.78 is 14.3. The zero-order chi connectivity index (χ0) is 14.1. The number of carbonyl (C=O) groups excluding carboxylic acids is 1. The van der Waals surface area contributed by atoms with Gasteiger partial charge in [-0.05, 0) is 60.7 Å². The van der Waals surface area contributed by atoms with Crippen molar-refractivity contribution >= 4 is 27.5 Å². The quantitative estimate of drug-likeness (QED) is 0.870. The third kappa shape index (κ3) is 2.61. The first-order valence-electron chi connectivity index (χ1n) is 6.52. The molecule has 0 saturated carbocycles. The Morgan fingerprint density at radius 1 is 1.10 bits per heavy atom. The average Bonchev–Trinajstić information content (AvgIpc) is 2.85. The summed E-state index contributed by atoms with van der Waals surface area (Å²) in [4.78, 5) is 12.1. The molecule has 0 saturated heterocycles. The number of hydrogen-bond acceptors (Lipinski definition) is 1. The number of fused-ring (bicyclic) bond motifs is 1. The molecule has 0 bridgehead atoms. The number of hydrogen-bond donors (Lipinski definition) is 1. The Morgan fingerprint density at radius 3 is 2.70 bits per heavy atom. The van der Waals surface area contributed by atoms with Gasteiger partial charge in [0.05, 0.1) is 5.56 Å². The van der Waals surface area contributed by atoms with Crippen molar-refractivity contribution in [1.29, 1.82) is 0 Å². The van der Waals surface area contributed by atoms with Crippen LogP contribution in [0.5, 0.6) is 0 Å². The summed E-state index contributed by atoms with van der Waals surface area (Å²) >= 11 is 3.17. The number of rotatable bonds is 2. The van der Waals surface area contributed by atoms with Crippen LogP contribution in [-0.4, -0.2) is 5.91 Å². The van der Waals surface area contributed by atoms with Gasteiger partial charge in [0, 0.05) is 10.2 Å². The van der Waals surface area contributed by atoms with Gasteiger partial charge in [-0.1, -0.05) is 22.0 Å². The molecule has 2 nitrogen and oxygen atoms in total. The van der Waals surface area contributed by atoms with Crippen molar-refractivity contribution in [3.8, 4) is 0 Å². The lowest BCUT2D eigenvalue weighted by molar-refractivity contribution is 0.102. The van der Waals surface area contributed by atoms with Crippen molar-refractivity contribution in [3.05, 3.63) is 63.4 Å². The summed E-state index contributed by atoms with van der Waals surface area (Å²) in [5, 5.41) is 2.75. The van der Waals surface area contributed by atoms with Gasteiger partial charge in [0.1, 0.15) is 5.82 Å². The minimum Gasteiger partial charge on any atom is -0.322 e. The molecule has 0 fully saturated rings. The lowest BCUT2D eigenvalue weighted by atomic mass is 10.1. The van der Waals surface area contributed by atoms with E-state index >= 15 is 0 Å². The third-order valence-corrected chi connectivity index (χ3v) is 4.03. The number of nitrogens with one attached hydrogen (secondary N) is 1. The molecule has 20 heavy (non-hydrogen) atoms. The largest absolute Gasteiger partial charge is 0.322 e. The molecule has 2 aromatic rings. The molecular weight excluding hydrogens is 321 g/mol. The Balaban J connectivity index is 1.82. The number of carbonyl (C=O) groups is 1. The van der Waals surface area contributed by atoms with Crippen molar-refractivity contribution in [1.82, 2.24) is 0 Å². The van der Waals surface area contributed by atoms with Gasteiger partial charge < -0.3 is 5.32 Å². The molecule has 3 rings (SSSR count). The predicted octanol–water partition coefficient (Wildman–Crippen LogP) is 4.33. The van der Waals surface area contributed by atoms with Gasteiger partial charge >= 0.3 is 0 Å². The van der Waals surface area contributed by atoms with E-state index in [2.05, 4.69) is 21.2 Å². The maximum Gasteiger partial charge on any atom is 0.258 e. The Morgan fingerprint density at radius 2 is 1.90 bits per heavy atom. The molecule has 0 heterocycles. The maximum atomic E-state index is 13.7. The molecule has 1 N–H and O–H groups in total. The first kappa shape index (κ1) is 13.3. The minimum atomic E-state index is -0.530. The number of aryl methyl sites for hydroxylation is 2. The summed E-state index contributed by atoms with van der Waals surface area (Å²) in [5.74, 6) is -0.953. The van der Waals surface area contributed by atoms with Gasteiger partial charge in [0.2, 0.25) is 0 Å². The van der Waals surface area contributed by atoms with Crippen LogP contribution in [0.4, 0.5) is 10.1 Å². The summed E-state index contributed by atoms with van der Waals surface area (Å²) in [6.07, 6.45) is 3.31. The fourth-order valence-electron chi connectivity index (χ4n) is 2.52. The highest BCUT2D eigenvalue weighted by Gasteiger charge is 2.14. The Bertz CT molecular complexity index is 684. The molecule has 4 heteroatoms. The molecule has 2 aromatic carbocycles. The van der Waals surface area contributed by atoms with E-state index in [0.717, 1.165) is 24.9 Å². The van der Waals surface area contributed by atoms with Crippen LogP contribution in [0.3, 0.4) is 0 Å². The van der Waals surface area contributed by atoms with E-state index in [1.165, 1.54) is 23.3 Å². The van der Waals surface area contributed by atoms with E-state index in [1.807, 2.05) is 18.2 Å². The van der Waals surface area contributed by atoms with E-state index in [4.69, 9.17) is 0 Å². The Labute approximate surface area is 125 Å². The van der Waals surface area contributed by atoms with E-state index < -0.39 is 11.7 Å². The van der Waals surface area contributed by atoms with E-state index in [-0.39, 0.29) is 5.56 Å². The van der Waals surface area contributed by atoms with Gasteiger partial charge in [0.15, 0.2) is 0 Å². The van der Waals surface area contributed by atoms with Crippen LogP contribution in [0.1, 0.15) is 27.9 Å². The maximum absolute atomic E-state index is 13.7. The Kier molecular flexibility index (Phi) is 3.57. The van der Waals surface area contributed by atoms with E-state index in [1.54, 1.807) is 6.07 Å². The molecule has 0 spiro atoms. The van der Waals surface area contributed by atoms with Crippen LogP contribution in [-0.2, 0) is 12.8 Å². The number of amides is 1. The molecule has 0 radical (unpaired) electrons. The fraction of sp³-hybridized carbons (Fsp3) is 0.188. The van der Waals surface area contributed by atoms with Crippen LogP contribution >= 0.6 is 15.9 Å². The molecule has 1 aliphatic rings. The molecular formula is C16H13BrFNO. The summed E-state index contributed by atoms with van der Waals surface area (Å²) in [6, 6.07) is 10.3. The second-order valence-corrected chi connectivity index (χ2v) is 5.83. The van der Waals surface area contributed by atoms with Crippen LogP contribution in [0.15, 0.2) is 40.9 Å². The van der Waals surface area contributed by atoms with Crippen molar-refractivity contribution in [2.45, 2.75) is 19.3 Å². The first-order chi connectivity index (χ1) is 9.63. The topological polar surface area (TPSA) is 29.1 Å². The van der Waals surface area contributed by atoms with Gasteiger partial charge in [-0.15, -0.1) is 0 Å². The normalized spacial score (nSPS) is 13.1. The number of halogens is 2. The van der Waals surface area contributed by atoms with Crippen LogP contribution < -0.4 is 5.32 Å². The lowest BCUT2D eigenvalue weighted by Gasteiger charge is -2.08. The van der Waals surface area contributed by atoms with Crippen molar-refractivity contribution in [3.63, 3.8) is 0 Å². The van der Waals surface area contributed by atoms with Crippen molar-refractivity contribution in [2.24, 2.45) is 0 Å². The van der Waals surface area contributed by atoms with Crippen molar-refractivity contribution < 1.29 is 9.18 Å². The van der Waals surface area contributed by atoms with Gasteiger partial charge in [0.25, 0.3) is 5.91 Å². The van der Waals surface area contributed by atoms with Gasteiger partial charge in [-0.25, -0.2) is 4.39 Å². The Hall–Kier alpha value is -1.68. The zero-order valence-electron chi connectivity index (χ0n) is 10.7. The van der Waals surface area contributed by atoms with Gasteiger partial charge in [-0.2, -0.15) is 0 Å². The highest BCUT2D eigenvalue weighted by atomic mass is 79.9. The highest BCUT2D eigenvalue weighted by molar-refractivity contribution is 9.10. The van der Waals surface area contributed by atoms with Crippen LogP contribution in [0, 0.1) is 5.82 Å². The zero-order valence-corrected chi connectivity index (χ0v) is 12.3. The first-order valence-corrected chi connectivity index (χ1v) is 7.31. The van der Waals surface area contributed by atoms with Crippen LogP contribution in [0.25, 0.3) is 0 Å². The van der Waals surface area contributed by atoms with E-state index in [9.17, 15) is 9.18 Å².